The number of para-hydroxylation sites is 1. The SMILES string of the molecule is Brc1ccc2c3ccncc3n(-c3nc(-c4ccccc4)c4ccccc4n3)c2c1. The summed E-state index contributed by atoms with van der Waals surface area (Å²) in [7, 11) is 0. The summed E-state index contributed by atoms with van der Waals surface area (Å²) < 4.78 is 3.11. The van der Waals surface area contributed by atoms with Gasteiger partial charge >= 0.3 is 0 Å². The van der Waals surface area contributed by atoms with Gasteiger partial charge in [0, 0.05) is 32.4 Å². The highest BCUT2D eigenvalue weighted by Gasteiger charge is 2.17. The number of rotatable bonds is 2. The van der Waals surface area contributed by atoms with Gasteiger partial charge in [-0.1, -0.05) is 70.5 Å². The lowest BCUT2D eigenvalue weighted by atomic mass is 10.1. The molecular formula is C25H15BrN4. The van der Waals surface area contributed by atoms with Crippen LogP contribution in [-0.4, -0.2) is 19.5 Å². The lowest BCUT2D eigenvalue weighted by Gasteiger charge is -2.11. The molecule has 4 nitrogen and oxygen atoms in total. The highest BCUT2D eigenvalue weighted by Crippen LogP contribution is 2.34. The van der Waals surface area contributed by atoms with E-state index >= 15 is 0 Å². The number of hydrogen-bond donors (Lipinski definition) is 0. The van der Waals surface area contributed by atoms with Crippen LogP contribution in [0.2, 0.25) is 0 Å². The number of hydrogen-bond acceptors (Lipinski definition) is 3. The van der Waals surface area contributed by atoms with Crippen LogP contribution >= 0.6 is 15.9 Å². The van der Waals surface area contributed by atoms with Gasteiger partial charge in [0.1, 0.15) is 0 Å². The predicted molar refractivity (Wildman–Crippen MR) is 125 cm³/mol. The van der Waals surface area contributed by atoms with E-state index < -0.39 is 0 Å². The molecule has 0 aliphatic rings. The van der Waals surface area contributed by atoms with E-state index in [9.17, 15) is 0 Å². The minimum Gasteiger partial charge on any atom is -0.276 e. The molecule has 0 bridgehead atoms. The maximum atomic E-state index is 5.05. The molecule has 6 aromatic rings. The van der Waals surface area contributed by atoms with Gasteiger partial charge in [0.2, 0.25) is 5.95 Å². The van der Waals surface area contributed by atoms with Crippen LogP contribution in [0.3, 0.4) is 0 Å². The second-order valence-electron chi connectivity index (χ2n) is 7.15. The van der Waals surface area contributed by atoms with Crippen molar-refractivity contribution in [2.45, 2.75) is 0 Å². The van der Waals surface area contributed by atoms with Gasteiger partial charge in [-0.25, -0.2) is 9.97 Å². The van der Waals surface area contributed by atoms with E-state index in [1.165, 1.54) is 0 Å². The van der Waals surface area contributed by atoms with Crippen molar-refractivity contribution in [2.24, 2.45) is 0 Å². The molecule has 0 saturated heterocycles. The van der Waals surface area contributed by atoms with Gasteiger partial charge in [-0.15, -0.1) is 0 Å². The summed E-state index contributed by atoms with van der Waals surface area (Å²) in [5.41, 5.74) is 4.93. The van der Waals surface area contributed by atoms with Gasteiger partial charge < -0.3 is 0 Å². The molecule has 0 saturated carbocycles. The first-order chi connectivity index (χ1) is 14.8. The van der Waals surface area contributed by atoms with Crippen molar-refractivity contribution in [3.63, 3.8) is 0 Å². The molecule has 0 unspecified atom stereocenters. The Bertz CT molecular complexity index is 1550. The van der Waals surface area contributed by atoms with Gasteiger partial charge in [0.15, 0.2) is 0 Å². The smallest absolute Gasteiger partial charge is 0.235 e. The Labute approximate surface area is 181 Å². The molecule has 3 aromatic carbocycles. The third-order valence-corrected chi connectivity index (χ3v) is 5.86. The van der Waals surface area contributed by atoms with Crippen LogP contribution < -0.4 is 0 Å². The standard InChI is InChI=1S/C25H15BrN4/c26-17-10-11-18-19-12-13-27-15-23(19)30(22(18)14-17)25-28-21-9-5-4-8-20(21)24(29-25)16-6-2-1-3-7-16/h1-15H. The van der Waals surface area contributed by atoms with Crippen molar-refractivity contribution in [1.82, 2.24) is 19.5 Å². The minimum atomic E-state index is 0.638. The van der Waals surface area contributed by atoms with Crippen LogP contribution in [0.5, 0.6) is 0 Å². The number of fused-ring (bicyclic) bond motifs is 4. The van der Waals surface area contributed by atoms with E-state index in [1.807, 2.05) is 54.9 Å². The molecule has 30 heavy (non-hydrogen) atoms. The summed E-state index contributed by atoms with van der Waals surface area (Å²) in [5.74, 6) is 0.638. The Kier molecular flexibility index (Phi) is 3.89. The zero-order valence-electron chi connectivity index (χ0n) is 15.8. The summed E-state index contributed by atoms with van der Waals surface area (Å²) in [6.07, 6.45) is 3.70. The van der Waals surface area contributed by atoms with Crippen LogP contribution in [0, 0.1) is 0 Å². The van der Waals surface area contributed by atoms with Crippen molar-refractivity contribution >= 4 is 48.6 Å². The summed E-state index contributed by atoms with van der Waals surface area (Å²) in [4.78, 5) is 14.4. The Balaban J connectivity index is 1.76. The lowest BCUT2D eigenvalue weighted by Crippen LogP contribution is -2.03. The average molecular weight is 451 g/mol. The minimum absolute atomic E-state index is 0.638. The average Bonchev–Trinajstić information content (AvgIpc) is 3.12. The highest BCUT2D eigenvalue weighted by molar-refractivity contribution is 9.10. The fourth-order valence-electron chi connectivity index (χ4n) is 4.04. The number of benzene rings is 3. The van der Waals surface area contributed by atoms with Crippen LogP contribution in [-0.2, 0) is 0 Å². The summed E-state index contributed by atoms with van der Waals surface area (Å²) >= 11 is 3.62. The van der Waals surface area contributed by atoms with Crippen molar-refractivity contribution in [2.75, 3.05) is 0 Å². The molecule has 3 heterocycles. The first-order valence-electron chi connectivity index (χ1n) is 9.66. The van der Waals surface area contributed by atoms with E-state index in [2.05, 4.69) is 61.9 Å². The van der Waals surface area contributed by atoms with Crippen molar-refractivity contribution in [1.29, 1.82) is 0 Å². The normalized spacial score (nSPS) is 11.5. The topological polar surface area (TPSA) is 43.6 Å². The van der Waals surface area contributed by atoms with Crippen LogP contribution in [0.1, 0.15) is 0 Å². The summed E-state index contributed by atoms with van der Waals surface area (Å²) in [6, 6.07) is 26.7. The van der Waals surface area contributed by atoms with E-state index in [0.717, 1.165) is 48.4 Å². The summed E-state index contributed by atoms with van der Waals surface area (Å²) in [5, 5.41) is 3.31. The Morgan fingerprint density at radius 1 is 0.700 bits per heavy atom. The molecule has 142 valence electrons. The molecule has 3 aromatic heterocycles. The molecule has 0 aliphatic carbocycles. The first-order valence-corrected chi connectivity index (χ1v) is 10.5. The van der Waals surface area contributed by atoms with Crippen molar-refractivity contribution in [3.8, 4) is 17.2 Å². The van der Waals surface area contributed by atoms with Gasteiger partial charge in [-0.2, -0.15) is 0 Å². The Morgan fingerprint density at radius 3 is 2.40 bits per heavy atom. The Hall–Kier alpha value is -3.57. The van der Waals surface area contributed by atoms with Gasteiger partial charge in [0.05, 0.1) is 28.4 Å². The molecule has 0 spiro atoms. The number of aromatic nitrogens is 4. The fourth-order valence-corrected chi connectivity index (χ4v) is 4.38. The predicted octanol–water partition coefficient (Wildman–Crippen LogP) is 6.55. The van der Waals surface area contributed by atoms with Gasteiger partial charge in [-0.3, -0.25) is 9.55 Å². The van der Waals surface area contributed by atoms with Gasteiger partial charge in [-0.05, 0) is 24.3 Å². The van der Waals surface area contributed by atoms with Crippen LogP contribution in [0.25, 0.3) is 49.9 Å². The highest BCUT2D eigenvalue weighted by atomic mass is 79.9. The zero-order chi connectivity index (χ0) is 20.1. The molecule has 0 fully saturated rings. The van der Waals surface area contributed by atoms with Crippen LogP contribution in [0.4, 0.5) is 0 Å². The quantitative estimate of drug-likeness (QED) is 0.300. The van der Waals surface area contributed by atoms with E-state index in [4.69, 9.17) is 9.97 Å². The maximum Gasteiger partial charge on any atom is 0.235 e. The monoisotopic (exact) mass is 450 g/mol. The maximum absolute atomic E-state index is 5.05. The van der Waals surface area contributed by atoms with E-state index in [0.29, 0.717) is 5.95 Å². The number of nitrogens with zero attached hydrogens (tertiary/aromatic N) is 4. The molecule has 5 heteroatoms. The number of pyridine rings is 1. The summed E-state index contributed by atoms with van der Waals surface area (Å²) in [6.45, 7) is 0. The second kappa shape index (κ2) is 6.75. The fraction of sp³-hybridized carbons (Fsp3) is 0. The third kappa shape index (κ3) is 2.63. The molecule has 0 amide bonds. The molecular weight excluding hydrogens is 436 g/mol. The molecule has 0 aliphatic heterocycles. The van der Waals surface area contributed by atoms with Crippen molar-refractivity contribution < 1.29 is 0 Å². The largest absolute Gasteiger partial charge is 0.276 e. The first kappa shape index (κ1) is 17.3. The third-order valence-electron chi connectivity index (χ3n) is 5.37. The lowest BCUT2D eigenvalue weighted by molar-refractivity contribution is 1.01. The second-order valence-corrected chi connectivity index (χ2v) is 8.06. The van der Waals surface area contributed by atoms with Gasteiger partial charge in [0.25, 0.3) is 0 Å². The number of halogens is 1. The van der Waals surface area contributed by atoms with Crippen LogP contribution in [0.15, 0.2) is 95.7 Å². The zero-order valence-corrected chi connectivity index (χ0v) is 17.4. The molecule has 0 radical (unpaired) electrons. The molecule has 6 rings (SSSR count). The van der Waals surface area contributed by atoms with Crippen molar-refractivity contribution in [3.05, 3.63) is 95.7 Å². The Morgan fingerprint density at radius 2 is 1.50 bits per heavy atom. The molecule has 0 N–H and O–H groups in total. The van der Waals surface area contributed by atoms with E-state index in [-0.39, 0.29) is 0 Å². The molecule has 0 atom stereocenters. The van der Waals surface area contributed by atoms with E-state index in [1.54, 1.807) is 0 Å².